The van der Waals surface area contributed by atoms with Crippen molar-refractivity contribution in [3.05, 3.63) is 35.9 Å². The highest BCUT2D eigenvalue weighted by molar-refractivity contribution is 7.89. The van der Waals surface area contributed by atoms with Crippen molar-refractivity contribution in [1.82, 2.24) is 4.31 Å². The van der Waals surface area contributed by atoms with Crippen molar-refractivity contribution in [3.63, 3.8) is 0 Å². The number of nitrogens with zero attached hydrogens (tertiary/aromatic N) is 1. The third-order valence-corrected chi connectivity index (χ3v) is 7.52. The van der Waals surface area contributed by atoms with Gasteiger partial charge in [-0.25, -0.2) is 12.7 Å². The van der Waals surface area contributed by atoms with Gasteiger partial charge < -0.3 is 5.73 Å². The van der Waals surface area contributed by atoms with Crippen LogP contribution in [0.25, 0.3) is 0 Å². The second kappa shape index (κ2) is 6.91. The molecule has 0 unspecified atom stereocenters. The molecule has 4 nitrogen and oxygen atoms in total. The molecule has 2 fully saturated rings. The van der Waals surface area contributed by atoms with Crippen LogP contribution < -0.4 is 5.73 Å². The van der Waals surface area contributed by atoms with Crippen molar-refractivity contribution >= 4 is 10.0 Å². The Morgan fingerprint density at radius 2 is 1.78 bits per heavy atom. The zero-order valence-electron chi connectivity index (χ0n) is 13.8. The first kappa shape index (κ1) is 16.9. The zero-order chi connectivity index (χ0) is 16.3. The van der Waals surface area contributed by atoms with E-state index in [-0.39, 0.29) is 5.41 Å². The summed E-state index contributed by atoms with van der Waals surface area (Å²) in [6.07, 6.45) is 6.10. The van der Waals surface area contributed by atoms with Gasteiger partial charge in [0, 0.05) is 25.0 Å². The Kier molecular flexibility index (Phi) is 5.09. The molecule has 128 valence electrons. The lowest BCUT2D eigenvalue weighted by Gasteiger charge is -2.41. The molecule has 1 heterocycles. The number of benzene rings is 1. The maximum Gasteiger partial charge on any atom is 0.214 e. The molecule has 2 aliphatic rings. The molecule has 1 saturated heterocycles. The lowest BCUT2D eigenvalue weighted by Crippen LogP contribution is -2.49. The Morgan fingerprint density at radius 1 is 1.13 bits per heavy atom. The van der Waals surface area contributed by atoms with E-state index in [1.807, 2.05) is 18.2 Å². The van der Waals surface area contributed by atoms with Gasteiger partial charge in [0.15, 0.2) is 0 Å². The largest absolute Gasteiger partial charge is 0.330 e. The standard InChI is InChI=1S/C18H28N2O2S/c19-15-18(17-6-2-1-3-7-17)10-12-20(13-11-18)23(21,22)14-4-5-16-8-9-16/h1-3,6-7,16H,4-5,8-15,19H2. The molecule has 2 N–H and O–H groups in total. The van der Waals surface area contributed by atoms with Gasteiger partial charge in [0.1, 0.15) is 0 Å². The fraction of sp³-hybridized carbons (Fsp3) is 0.667. The second-order valence-electron chi connectivity index (χ2n) is 7.15. The van der Waals surface area contributed by atoms with Crippen molar-refractivity contribution in [2.24, 2.45) is 11.7 Å². The van der Waals surface area contributed by atoms with Crippen LogP contribution in [-0.2, 0) is 15.4 Å². The predicted molar refractivity (Wildman–Crippen MR) is 93.7 cm³/mol. The van der Waals surface area contributed by atoms with Crippen LogP contribution in [0.1, 0.15) is 44.1 Å². The van der Waals surface area contributed by atoms with E-state index >= 15 is 0 Å². The van der Waals surface area contributed by atoms with E-state index in [1.165, 1.54) is 18.4 Å². The fourth-order valence-corrected chi connectivity index (χ4v) is 5.21. The van der Waals surface area contributed by atoms with Crippen molar-refractivity contribution in [1.29, 1.82) is 0 Å². The van der Waals surface area contributed by atoms with E-state index in [0.29, 0.717) is 25.4 Å². The maximum atomic E-state index is 12.5. The summed E-state index contributed by atoms with van der Waals surface area (Å²) >= 11 is 0. The molecule has 5 heteroatoms. The summed E-state index contributed by atoms with van der Waals surface area (Å²) in [5.41, 5.74) is 7.25. The monoisotopic (exact) mass is 336 g/mol. The molecule has 1 aromatic rings. The molecule has 23 heavy (non-hydrogen) atoms. The maximum absolute atomic E-state index is 12.5. The van der Waals surface area contributed by atoms with E-state index in [9.17, 15) is 8.42 Å². The number of sulfonamides is 1. The molecule has 0 bridgehead atoms. The molecular formula is C18H28N2O2S. The highest BCUT2D eigenvalue weighted by Gasteiger charge is 2.38. The number of hydrogen-bond donors (Lipinski definition) is 1. The first-order chi connectivity index (χ1) is 11.1. The fourth-order valence-electron chi connectivity index (χ4n) is 3.68. The van der Waals surface area contributed by atoms with Crippen LogP contribution in [0.2, 0.25) is 0 Å². The number of piperidine rings is 1. The van der Waals surface area contributed by atoms with Gasteiger partial charge in [-0.2, -0.15) is 0 Å². The summed E-state index contributed by atoms with van der Waals surface area (Å²) in [7, 11) is -3.10. The molecule has 0 aromatic heterocycles. The Balaban J connectivity index is 1.60. The van der Waals surface area contributed by atoms with Crippen molar-refractivity contribution in [2.45, 2.75) is 43.9 Å². The van der Waals surface area contributed by atoms with Gasteiger partial charge in [0.2, 0.25) is 10.0 Å². The van der Waals surface area contributed by atoms with Crippen LogP contribution in [-0.4, -0.2) is 38.1 Å². The van der Waals surface area contributed by atoms with Crippen LogP contribution in [0.4, 0.5) is 0 Å². The van der Waals surface area contributed by atoms with Gasteiger partial charge in [-0.1, -0.05) is 43.2 Å². The molecule has 0 radical (unpaired) electrons. The van der Waals surface area contributed by atoms with Gasteiger partial charge in [-0.3, -0.25) is 0 Å². The lowest BCUT2D eigenvalue weighted by molar-refractivity contribution is 0.237. The Labute approximate surface area is 140 Å². The molecule has 1 aliphatic heterocycles. The van der Waals surface area contributed by atoms with Crippen LogP contribution >= 0.6 is 0 Å². The van der Waals surface area contributed by atoms with Crippen LogP contribution in [0.5, 0.6) is 0 Å². The summed E-state index contributed by atoms with van der Waals surface area (Å²) in [5.74, 6) is 1.11. The molecule has 3 rings (SSSR count). The van der Waals surface area contributed by atoms with Crippen molar-refractivity contribution in [2.75, 3.05) is 25.4 Å². The van der Waals surface area contributed by atoms with Crippen LogP contribution in [0, 0.1) is 5.92 Å². The quantitative estimate of drug-likeness (QED) is 0.832. The lowest BCUT2D eigenvalue weighted by atomic mass is 9.73. The Bertz CT molecular complexity index is 603. The number of rotatable bonds is 7. The van der Waals surface area contributed by atoms with Gasteiger partial charge >= 0.3 is 0 Å². The number of hydrogen-bond acceptors (Lipinski definition) is 3. The minimum Gasteiger partial charge on any atom is -0.330 e. The topological polar surface area (TPSA) is 63.4 Å². The van der Waals surface area contributed by atoms with Gasteiger partial charge in [-0.15, -0.1) is 0 Å². The van der Waals surface area contributed by atoms with E-state index in [2.05, 4.69) is 12.1 Å². The van der Waals surface area contributed by atoms with E-state index in [1.54, 1.807) is 4.31 Å². The summed E-state index contributed by atoms with van der Waals surface area (Å²) in [5, 5.41) is 0. The molecule has 1 aromatic carbocycles. The molecule has 0 amide bonds. The minimum atomic E-state index is -3.10. The third kappa shape index (κ3) is 3.95. The zero-order valence-corrected chi connectivity index (χ0v) is 14.6. The summed E-state index contributed by atoms with van der Waals surface area (Å²) in [6.45, 7) is 1.77. The highest BCUT2D eigenvalue weighted by atomic mass is 32.2. The highest BCUT2D eigenvalue weighted by Crippen LogP contribution is 2.36. The van der Waals surface area contributed by atoms with Crippen molar-refractivity contribution < 1.29 is 8.42 Å². The minimum absolute atomic E-state index is 0.0682. The van der Waals surface area contributed by atoms with Crippen LogP contribution in [0.3, 0.4) is 0 Å². The van der Waals surface area contributed by atoms with E-state index in [0.717, 1.165) is 31.6 Å². The first-order valence-corrected chi connectivity index (χ1v) is 10.4. The van der Waals surface area contributed by atoms with Gasteiger partial charge in [-0.05, 0) is 37.2 Å². The summed E-state index contributed by atoms with van der Waals surface area (Å²) < 4.78 is 26.7. The van der Waals surface area contributed by atoms with E-state index in [4.69, 9.17) is 5.73 Å². The van der Waals surface area contributed by atoms with E-state index < -0.39 is 10.0 Å². The Morgan fingerprint density at radius 3 is 2.35 bits per heavy atom. The summed E-state index contributed by atoms with van der Waals surface area (Å²) in [4.78, 5) is 0. The molecule has 0 atom stereocenters. The predicted octanol–water partition coefficient (Wildman–Crippen LogP) is 2.50. The van der Waals surface area contributed by atoms with Crippen LogP contribution in [0.15, 0.2) is 30.3 Å². The molecule has 0 spiro atoms. The average Bonchev–Trinajstić information content (AvgIpc) is 3.40. The SMILES string of the molecule is NCC1(c2ccccc2)CCN(S(=O)(=O)CCCC2CC2)CC1. The third-order valence-electron chi connectivity index (χ3n) is 5.56. The molecule has 1 aliphatic carbocycles. The first-order valence-electron chi connectivity index (χ1n) is 8.79. The Hall–Kier alpha value is -0.910. The summed E-state index contributed by atoms with van der Waals surface area (Å²) in [6, 6.07) is 10.3. The molecular weight excluding hydrogens is 308 g/mol. The smallest absolute Gasteiger partial charge is 0.214 e. The average molecular weight is 337 g/mol. The number of nitrogens with two attached hydrogens (primary N) is 1. The molecule has 1 saturated carbocycles. The van der Waals surface area contributed by atoms with Gasteiger partial charge in [0.05, 0.1) is 5.75 Å². The van der Waals surface area contributed by atoms with Crippen molar-refractivity contribution in [3.8, 4) is 0 Å². The van der Waals surface area contributed by atoms with Gasteiger partial charge in [0.25, 0.3) is 0 Å². The normalized spacial score (nSPS) is 22.1. The second-order valence-corrected chi connectivity index (χ2v) is 9.24.